The molecule has 1 aromatic carbocycles. The van der Waals surface area contributed by atoms with Gasteiger partial charge in [0.05, 0.1) is 18.1 Å². The van der Waals surface area contributed by atoms with Crippen molar-refractivity contribution in [3.05, 3.63) is 29.8 Å². The van der Waals surface area contributed by atoms with E-state index >= 15 is 0 Å². The second-order valence-electron chi connectivity index (χ2n) is 6.82. The van der Waals surface area contributed by atoms with Gasteiger partial charge in [-0.25, -0.2) is 8.42 Å². The Morgan fingerprint density at radius 1 is 1.26 bits per heavy atom. The predicted octanol–water partition coefficient (Wildman–Crippen LogP) is 1.28. The molecule has 3 rings (SSSR count). The van der Waals surface area contributed by atoms with Crippen molar-refractivity contribution in [2.75, 3.05) is 32.8 Å². The number of carbonyl (C=O) groups excluding carboxylic acids is 1. The third-order valence-electron chi connectivity index (χ3n) is 4.77. The Hall–Kier alpha value is -1.19. The number of hydrogen-bond acceptors (Lipinski definition) is 5. The summed E-state index contributed by atoms with van der Waals surface area (Å²) in [6.07, 6.45) is 3.26. The highest BCUT2D eigenvalue weighted by molar-refractivity contribution is 7.89. The molecule has 2 aliphatic rings. The topological polar surface area (TPSA) is 87.7 Å². The molecule has 0 aromatic heterocycles. The van der Waals surface area contributed by atoms with Crippen LogP contribution in [0.5, 0.6) is 0 Å². The van der Waals surface area contributed by atoms with Crippen LogP contribution in [0.1, 0.15) is 31.2 Å². The van der Waals surface area contributed by atoms with Crippen LogP contribution in [0.4, 0.5) is 0 Å². The second kappa shape index (κ2) is 10.4. The fourth-order valence-corrected chi connectivity index (χ4v) is 4.91. The zero-order chi connectivity index (χ0) is 18.4. The zero-order valence-electron chi connectivity index (χ0n) is 15.4. The molecule has 27 heavy (non-hydrogen) atoms. The van der Waals surface area contributed by atoms with E-state index in [0.29, 0.717) is 44.2 Å². The molecule has 2 N–H and O–H groups in total. The van der Waals surface area contributed by atoms with Gasteiger partial charge in [0.2, 0.25) is 15.9 Å². The lowest BCUT2D eigenvalue weighted by Crippen LogP contribution is -2.44. The van der Waals surface area contributed by atoms with Crippen LogP contribution >= 0.6 is 12.4 Å². The molecule has 152 valence electrons. The van der Waals surface area contributed by atoms with Crippen molar-refractivity contribution in [2.24, 2.45) is 0 Å². The van der Waals surface area contributed by atoms with Crippen LogP contribution < -0.4 is 10.6 Å². The molecule has 1 unspecified atom stereocenters. The molecule has 9 heteroatoms. The fraction of sp³-hybridized carbons (Fsp3) is 0.611. The Morgan fingerprint density at radius 2 is 2.04 bits per heavy atom. The van der Waals surface area contributed by atoms with Gasteiger partial charge in [0.15, 0.2) is 0 Å². The summed E-state index contributed by atoms with van der Waals surface area (Å²) in [7, 11) is -3.45. The van der Waals surface area contributed by atoms with E-state index in [4.69, 9.17) is 4.74 Å². The van der Waals surface area contributed by atoms with Crippen LogP contribution in [0.25, 0.3) is 0 Å². The molecule has 1 amide bonds. The van der Waals surface area contributed by atoms with Crippen LogP contribution in [0.2, 0.25) is 0 Å². The van der Waals surface area contributed by atoms with Gasteiger partial charge in [-0.2, -0.15) is 4.31 Å². The van der Waals surface area contributed by atoms with Crippen LogP contribution in [-0.4, -0.2) is 57.5 Å². The SMILES string of the molecule is Cl.O=C(CC1COCCN1)NCc1cccc(S(=O)(=O)N2CCCCC2)c1. The molecular weight excluding hydrogens is 390 g/mol. The maximum absolute atomic E-state index is 12.8. The summed E-state index contributed by atoms with van der Waals surface area (Å²) in [5, 5.41) is 6.10. The highest BCUT2D eigenvalue weighted by Gasteiger charge is 2.26. The van der Waals surface area contributed by atoms with Crippen molar-refractivity contribution in [1.29, 1.82) is 0 Å². The summed E-state index contributed by atoms with van der Waals surface area (Å²) in [4.78, 5) is 12.4. The quantitative estimate of drug-likeness (QED) is 0.728. The summed E-state index contributed by atoms with van der Waals surface area (Å²) in [6, 6.07) is 6.88. The minimum Gasteiger partial charge on any atom is -0.378 e. The van der Waals surface area contributed by atoms with E-state index in [9.17, 15) is 13.2 Å². The summed E-state index contributed by atoms with van der Waals surface area (Å²) >= 11 is 0. The first-order valence-electron chi connectivity index (χ1n) is 9.22. The molecule has 2 aliphatic heterocycles. The number of benzene rings is 1. The first kappa shape index (κ1) is 22.1. The Bertz CT molecular complexity index is 717. The average molecular weight is 418 g/mol. The van der Waals surface area contributed by atoms with Crippen molar-refractivity contribution < 1.29 is 17.9 Å². The largest absolute Gasteiger partial charge is 0.378 e. The molecule has 2 saturated heterocycles. The zero-order valence-corrected chi connectivity index (χ0v) is 17.0. The summed E-state index contributed by atoms with van der Waals surface area (Å²) in [5.41, 5.74) is 0.782. The minimum absolute atomic E-state index is 0. The second-order valence-corrected chi connectivity index (χ2v) is 8.76. The molecule has 1 aromatic rings. The normalized spacial score (nSPS) is 21.3. The van der Waals surface area contributed by atoms with Gasteiger partial charge < -0.3 is 15.4 Å². The molecule has 2 fully saturated rings. The minimum atomic E-state index is -3.45. The van der Waals surface area contributed by atoms with Gasteiger partial charge in [-0.3, -0.25) is 4.79 Å². The number of sulfonamides is 1. The number of piperidine rings is 1. The number of hydrogen-bond donors (Lipinski definition) is 2. The first-order chi connectivity index (χ1) is 12.6. The molecule has 0 radical (unpaired) electrons. The smallest absolute Gasteiger partial charge is 0.243 e. The van der Waals surface area contributed by atoms with Gasteiger partial charge in [-0.1, -0.05) is 18.6 Å². The van der Waals surface area contributed by atoms with Gasteiger partial charge in [0.25, 0.3) is 0 Å². The van der Waals surface area contributed by atoms with Crippen molar-refractivity contribution in [1.82, 2.24) is 14.9 Å². The number of morpholine rings is 1. The third kappa shape index (κ3) is 6.15. The summed E-state index contributed by atoms with van der Waals surface area (Å²) in [6.45, 7) is 3.46. The standard InChI is InChI=1S/C18H27N3O4S.ClH/c22-18(12-16-14-25-10-7-19-16)20-13-15-5-4-6-17(11-15)26(23,24)21-8-2-1-3-9-21;/h4-6,11,16,19H,1-3,7-10,12-14H2,(H,20,22);1H. The summed E-state index contributed by atoms with van der Waals surface area (Å²) in [5.74, 6) is -0.0720. The number of nitrogens with zero attached hydrogens (tertiary/aromatic N) is 1. The van der Waals surface area contributed by atoms with Gasteiger partial charge in [0.1, 0.15) is 0 Å². The lowest BCUT2D eigenvalue weighted by Gasteiger charge is -2.26. The number of amides is 1. The van der Waals surface area contributed by atoms with E-state index in [0.717, 1.165) is 31.4 Å². The van der Waals surface area contributed by atoms with Crippen LogP contribution in [-0.2, 0) is 26.1 Å². The lowest BCUT2D eigenvalue weighted by atomic mass is 10.2. The Morgan fingerprint density at radius 3 is 2.74 bits per heavy atom. The van der Waals surface area contributed by atoms with Crippen molar-refractivity contribution >= 4 is 28.3 Å². The lowest BCUT2D eigenvalue weighted by molar-refractivity contribution is -0.122. The third-order valence-corrected chi connectivity index (χ3v) is 6.67. The maximum atomic E-state index is 12.8. The number of halogens is 1. The van der Waals surface area contributed by atoms with E-state index in [1.165, 1.54) is 0 Å². The molecule has 7 nitrogen and oxygen atoms in total. The molecule has 1 atom stereocenters. The van der Waals surface area contributed by atoms with Crippen molar-refractivity contribution in [3.63, 3.8) is 0 Å². The number of ether oxygens (including phenoxy) is 1. The van der Waals surface area contributed by atoms with Crippen molar-refractivity contribution in [2.45, 2.75) is 43.2 Å². The first-order valence-corrected chi connectivity index (χ1v) is 10.7. The molecular formula is C18H28ClN3O4S. The van der Waals surface area contributed by atoms with Gasteiger partial charge >= 0.3 is 0 Å². The van der Waals surface area contributed by atoms with Crippen LogP contribution in [0.15, 0.2) is 29.2 Å². The highest BCUT2D eigenvalue weighted by atomic mass is 35.5. The molecule has 0 bridgehead atoms. The van der Waals surface area contributed by atoms with E-state index in [1.54, 1.807) is 22.5 Å². The Balaban J connectivity index is 0.00000261. The maximum Gasteiger partial charge on any atom is 0.243 e. The van der Waals surface area contributed by atoms with Crippen molar-refractivity contribution in [3.8, 4) is 0 Å². The monoisotopic (exact) mass is 417 g/mol. The molecule has 0 saturated carbocycles. The Labute approximate surface area is 167 Å². The van der Waals surface area contributed by atoms with E-state index in [2.05, 4.69) is 10.6 Å². The number of nitrogens with one attached hydrogen (secondary N) is 2. The van der Waals surface area contributed by atoms with Crippen LogP contribution in [0, 0.1) is 0 Å². The molecule has 2 heterocycles. The Kier molecular flexibility index (Phi) is 8.50. The van der Waals surface area contributed by atoms with E-state index in [1.807, 2.05) is 6.07 Å². The number of rotatable bonds is 6. The number of carbonyl (C=O) groups is 1. The van der Waals surface area contributed by atoms with Gasteiger partial charge in [-0.15, -0.1) is 12.4 Å². The van der Waals surface area contributed by atoms with Gasteiger partial charge in [-0.05, 0) is 30.5 Å². The van der Waals surface area contributed by atoms with E-state index in [-0.39, 0.29) is 24.4 Å². The fourth-order valence-electron chi connectivity index (χ4n) is 3.32. The highest BCUT2D eigenvalue weighted by Crippen LogP contribution is 2.21. The predicted molar refractivity (Wildman–Crippen MR) is 105 cm³/mol. The summed E-state index contributed by atoms with van der Waals surface area (Å²) < 4.78 is 32.4. The van der Waals surface area contributed by atoms with Crippen LogP contribution in [0.3, 0.4) is 0 Å². The molecule has 0 spiro atoms. The van der Waals surface area contributed by atoms with Gasteiger partial charge in [0, 0.05) is 38.6 Å². The molecule has 0 aliphatic carbocycles. The van der Waals surface area contributed by atoms with E-state index < -0.39 is 10.0 Å². The average Bonchev–Trinajstić information content (AvgIpc) is 2.68.